The molecule has 0 aliphatic carbocycles. The summed E-state index contributed by atoms with van der Waals surface area (Å²) in [6, 6.07) is 15.1. The number of carbonyl (C=O) groups is 1. The third-order valence-corrected chi connectivity index (χ3v) is 5.93. The first-order valence-electron chi connectivity index (χ1n) is 10.5. The molecule has 0 fully saturated rings. The van der Waals surface area contributed by atoms with Gasteiger partial charge in [0.05, 0.1) is 12.2 Å². The van der Waals surface area contributed by atoms with Gasteiger partial charge >= 0.3 is 0 Å². The van der Waals surface area contributed by atoms with Crippen LogP contribution in [0.1, 0.15) is 60.2 Å². The largest absolute Gasteiger partial charge is 0.486 e. The van der Waals surface area contributed by atoms with Crippen LogP contribution in [-0.2, 0) is 13.2 Å². The maximum Gasteiger partial charge on any atom is 0.254 e. The Kier molecular flexibility index (Phi) is 8.10. The molecule has 0 N–H and O–H groups in total. The molecule has 3 rings (SSSR count). The summed E-state index contributed by atoms with van der Waals surface area (Å²) in [6.45, 7) is 10.1. The molecule has 6 heteroatoms. The summed E-state index contributed by atoms with van der Waals surface area (Å²) in [5.41, 5.74) is 2.70. The SMILES string of the molecule is CC(C)CN(Cc1csc(COc2ccccc2C(C)C)n1)C(=O)c1ccc(Cl)cc1. The van der Waals surface area contributed by atoms with Crippen LogP contribution in [0.5, 0.6) is 5.75 Å². The Balaban J connectivity index is 1.68. The standard InChI is InChI=1S/C25H29ClN2O2S/c1-17(2)13-28(25(29)19-9-11-20(26)12-10-19)14-21-16-31-24(27-21)15-30-23-8-6-5-7-22(23)18(3)4/h5-12,16-18H,13-15H2,1-4H3. The number of hydrogen-bond acceptors (Lipinski definition) is 4. The van der Waals surface area contributed by atoms with Crippen LogP contribution in [0.4, 0.5) is 0 Å². The Morgan fingerprint density at radius 2 is 1.81 bits per heavy atom. The predicted molar refractivity (Wildman–Crippen MR) is 128 cm³/mol. The minimum atomic E-state index is -0.0120. The van der Waals surface area contributed by atoms with E-state index in [0.29, 0.717) is 42.1 Å². The van der Waals surface area contributed by atoms with E-state index in [0.717, 1.165) is 16.5 Å². The van der Waals surface area contributed by atoms with Crippen LogP contribution in [0.2, 0.25) is 5.02 Å². The molecule has 1 heterocycles. The molecule has 1 amide bonds. The molecule has 2 aromatic carbocycles. The van der Waals surface area contributed by atoms with E-state index in [9.17, 15) is 4.79 Å². The molecule has 1 aromatic heterocycles. The molecule has 0 radical (unpaired) electrons. The molecule has 164 valence electrons. The van der Waals surface area contributed by atoms with Crippen molar-refractivity contribution in [2.75, 3.05) is 6.54 Å². The Bertz CT molecular complexity index is 999. The number of rotatable bonds is 9. The lowest BCUT2D eigenvalue weighted by Crippen LogP contribution is -2.33. The highest BCUT2D eigenvalue weighted by Crippen LogP contribution is 2.27. The molecule has 0 spiro atoms. The van der Waals surface area contributed by atoms with E-state index in [2.05, 4.69) is 33.8 Å². The Morgan fingerprint density at radius 1 is 1.10 bits per heavy atom. The number of para-hydroxylation sites is 1. The van der Waals surface area contributed by atoms with E-state index in [-0.39, 0.29) is 5.91 Å². The summed E-state index contributed by atoms with van der Waals surface area (Å²) in [7, 11) is 0. The van der Waals surface area contributed by atoms with Crippen LogP contribution < -0.4 is 4.74 Å². The second-order valence-corrected chi connectivity index (χ2v) is 9.68. The lowest BCUT2D eigenvalue weighted by molar-refractivity contribution is 0.0720. The number of aromatic nitrogens is 1. The number of amides is 1. The van der Waals surface area contributed by atoms with Crippen molar-refractivity contribution in [3.05, 3.63) is 80.8 Å². The first-order chi connectivity index (χ1) is 14.8. The van der Waals surface area contributed by atoms with Gasteiger partial charge < -0.3 is 9.64 Å². The van der Waals surface area contributed by atoms with E-state index in [1.54, 1.807) is 35.6 Å². The maximum absolute atomic E-state index is 13.0. The number of thiazole rings is 1. The van der Waals surface area contributed by atoms with Crippen molar-refractivity contribution in [1.82, 2.24) is 9.88 Å². The van der Waals surface area contributed by atoms with Crippen LogP contribution in [-0.4, -0.2) is 22.3 Å². The molecule has 0 saturated heterocycles. The van der Waals surface area contributed by atoms with E-state index in [1.807, 2.05) is 28.5 Å². The summed E-state index contributed by atoms with van der Waals surface area (Å²) in [5.74, 6) is 1.63. The van der Waals surface area contributed by atoms with Crippen molar-refractivity contribution < 1.29 is 9.53 Å². The molecule has 0 aliphatic heterocycles. The number of hydrogen-bond donors (Lipinski definition) is 0. The smallest absolute Gasteiger partial charge is 0.254 e. The molecule has 0 unspecified atom stereocenters. The highest BCUT2D eigenvalue weighted by atomic mass is 35.5. The van der Waals surface area contributed by atoms with Gasteiger partial charge in [0, 0.05) is 22.5 Å². The number of ether oxygens (including phenoxy) is 1. The molecule has 0 aliphatic rings. The highest BCUT2D eigenvalue weighted by molar-refractivity contribution is 7.09. The molecule has 0 saturated carbocycles. The molecule has 3 aromatic rings. The third-order valence-electron chi connectivity index (χ3n) is 4.81. The van der Waals surface area contributed by atoms with Gasteiger partial charge in [0.2, 0.25) is 0 Å². The zero-order valence-corrected chi connectivity index (χ0v) is 20.0. The van der Waals surface area contributed by atoms with Gasteiger partial charge in [-0.3, -0.25) is 4.79 Å². The van der Waals surface area contributed by atoms with E-state index in [1.165, 1.54) is 5.56 Å². The molecular formula is C25H29ClN2O2S. The summed E-state index contributed by atoms with van der Waals surface area (Å²) in [4.78, 5) is 19.6. The second-order valence-electron chi connectivity index (χ2n) is 8.30. The Labute approximate surface area is 193 Å². The van der Waals surface area contributed by atoms with Crippen molar-refractivity contribution in [2.45, 2.75) is 46.8 Å². The monoisotopic (exact) mass is 456 g/mol. The first kappa shape index (κ1) is 23.3. The van der Waals surface area contributed by atoms with E-state index in [4.69, 9.17) is 21.3 Å². The van der Waals surface area contributed by atoms with Gasteiger partial charge in [0.25, 0.3) is 5.91 Å². The van der Waals surface area contributed by atoms with Gasteiger partial charge in [-0.1, -0.05) is 57.5 Å². The average Bonchev–Trinajstić information content (AvgIpc) is 3.19. The number of nitrogens with zero attached hydrogens (tertiary/aromatic N) is 2. The average molecular weight is 457 g/mol. The summed E-state index contributed by atoms with van der Waals surface area (Å²) < 4.78 is 6.05. The van der Waals surface area contributed by atoms with Gasteiger partial charge in [-0.2, -0.15) is 0 Å². The van der Waals surface area contributed by atoms with Crippen LogP contribution in [0.3, 0.4) is 0 Å². The molecule has 31 heavy (non-hydrogen) atoms. The number of benzene rings is 2. The topological polar surface area (TPSA) is 42.4 Å². The second kappa shape index (κ2) is 10.8. The zero-order chi connectivity index (χ0) is 22.4. The normalized spacial score (nSPS) is 11.2. The van der Waals surface area contributed by atoms with Gasteiger partial charge in [0.1, 0.15) is 17.4 Å². The molecule has 4 nitrogen and oxygen atoms in total. The first-order valence-corrected chi connectivity index (χ1v) is 11.8. The molecule has 0 bridgehead atoms. The summed E-state index contributed by atoms with van der Waals surface area (Å²) in [6.07, 6.45) is 0. The van der Waals surface area contributed by atoms with Crippen molar-refractivity contribution in [3.8, 4) is 5.75 Å². The van der Waals surface area contributed by atoms with E-state index >= 15 is 0 Å². The van der Waals surface area contributed by atoms with Crippen LogP contribution in [0.15, 0.2) is 53.9 Å². The fourth-order valence-corrected chi connectivity index (χ4v) is 4.17. The number of carbonyl (C=O) groups excluding carboxylic acids is 1. The minimum Gasteiger partial charge on any atom is -0.486 e. The highest BCUT2D eigenvalue weighted by Gasteiger charge is 2.19. The maximum atomic E-state index is 13.0. The fraction of sp³-hybridized carbons (Fsp3) is 0.360. The van der Waals surface area contributed by atoms with Crippen molar-refractivity contribution >= 4 is 28.8 Å². The van der Waals surface area contributed by atoms with Gasteiger partial charge in [-0.05, 0) is 47.7 Å². The minimum absolute atomic E-state index is 0.0120. The summed E-state index contributed by atoms with van der Waals surface area (Å²) >= 11 is 7.53. The van der Waals surface area contributed by atoms with Gasteiger partial charge in [0.15, 0.2) is 0 Å². The van der Waals surface area contributed by atoms with Gasteiger partial charge in [-0.25, -0.2) is 4.98 Å². The van der Waals surface area contributed by atoms with E-state index < -0.39 is 0 Å². The Morgan fingerprint density at radius 3 is 2.48 bits per heavy atom. The fourth-order valence-electron chi connectivity index (χ4n) is 3.35. The van der Waals surface area contributed by atoms with Crippen LogP contribution in [0, 0.1) is 5.92 Å². The third kappa shape index (κ3) is 6.55. The number of halogens is 1. The molecule has 0 atom stereocenters. The lowest BCUT2D eigenvalue weighted by atomic mass is 10.0. The lowest BCUT2D eigenvalue weighted by Gasteiger charge is -2.24. The summed E-state index contributed by atoms with van der Waals surface area (Å²) in [5, 5.41) is 3.53. The van der Waals surface area contributed by atoms with Crippen molar-refractivity contribution in [1.29, 1.82) is 0 Å². The quantitative estimate of drug-likeness (QED) is 0.355. The van der Waals surface area contributed by atoms with Crippen molar-refractivity contribution in [3.63, 3.8) is 0 Å². The van der Waals surface area contributed by atoms with Crippen LogP contribution in [0.25, 0.3) is 0 Å². The predicted octanol–water partition coefficient (Wildman–Crippen LogP) is 6.80. The van der Waals surface area contributed by atoms with Gasteiger partial charge in [-0.15, -0.1) is 11.3 Å². The van der Waals surface area contributed by atoms with Crippen molar-refractivity contribution in [2.24, 2.45) is 5.92 Å². The molecular weight excluding hydrogens is 428 g/mol. The zero-order valence-electron chi connectivity index (χ0n) is 18.5. The van der Waals surface area contributed by atoms with Crippen LogP contribution >= 0.6 is 22.9 Å². The Hall–Kier alpha value is -2.37.